The normalized spacial score (nSPS) is 17.2. The van der Waals surface area contributed by atoms with E-state index in [9.17, 15) is 4.79 Å². The van der Waals surface area contributed by atoms with E-state index >= 15 is 0 Å². The largest absolute Gasteiger partial charge is 0.382 e. The van der Waals surface area contributed by atoms with E-state index in [2.05, 4.69) is 25.6 Å². The summed E-state index contributed by atoms with van der Waals surface area (Å²) in [6.07, 6.45) is 1.77. The quantitative estimate of drug-likeness (QED) is 0.481. The maximum absolute atomic E-state index is 12.1. The number of hydrogen-bond acceptors (Lipinski definition) is 8. The van der Waals surface area contributed by atoms with Gasteiger partial charge in [0, 0.05) is 6.04 Å². The van der Waals surface area contributed by atoms with Crippen molar-refractivity contribution in [2.75, 3.05) is 24.6 Å². The van der Waals surface area contributed by atoms with E-state index in [4.69, 9.17) is 28.8 Å². The van der Waals surface area contributed by atoms with Gasteiger partial charge in [0.2, 0.25) is 0 Å². The summed E-state index contributed by atoms with van der Waals surface area (Å²) in [7, 11) is 0. The monoisotopic (exact) mass is 312 g/mol. The van der Waals surface area contributed by atoms with Crippen LogP contribution in [0.4, 0.5) is 11.6 Å². The van der Waals surface area contributed by atoms with Gasteiger partial charge in [0.15, 0.2) is 28.4 Å². The minimum Gasteiger partial charge on any atom is -0.382 e. The molecule has 9 nitrogen and oxygen atoms in total. The molecule has 1 aromatic rings. The Labute approximate surface area is 126 Å². The summed E-state index contributed by atoms with van der Waals surface area (Å²) in [4.78, 5) is 23.8. The lowest BCUT2D eigenvalue weighted by molar-refractivity contribution is 0.0972. The Hall–Kier alpha value is -2.13. The minimum absolute atomic E-state index is 0.0242. The number of nitrogen functional groups attached to an aromatic ring is 2. The molecule has 1 aliphatic rings. The standard InChI is InChI=1S/C11H17ClN8O/c12-7-9(15)19-8(14)6(18-7)10(21)20-11-16-4-5(17-11)2-1-3-13/h5H,1-4,13H2,(H4,14,15,19)(H2,16,17,20,21)/t5-/m1/s1. The molecule has 0 aliphatic carbocycles. The van der Waals surface area contributed by atoms with Crippen LogP contribution in [0.2, 0.25) is 5.15 Å². The number of guanidine groups is 1. The lowest BCUT2D eigenvalue weighted by Gasteiger charge is -2.12. The molecular formula is C11H17ClN8O. The number of nitrogens with zero attached hydrogens (tertiary/aromatic N) is 3. The fourth-order valence-electron chi connectivity index (χ4n) is 1.86. The van der Waals surface area contributed by atoms with Gasteiger partial charge in [-0.3, -0.25) is 15.1 Å². The molecule has 1 aliphatic heterocycles. The van der Waals surface area contributed by atoms with Crippen LogP contribution in [-0.2, 0) is 0 Å². The molecule has 0 saturated carbocycles. The molecule has 0 aromatic carbocycles. The summed E-state index contributed by atoms with van der Waals surface area (Å²) in [6, 6.07) is 0.169. The molecule has 10 heteroatoms. The molecular weight excluding hydrogens is 296 g/mol. The molecule has 8 N–H and O–H groups in total. The molecule has 1 aromatic heterocycles. The van der Waals surface area contributed by atoms with Gasteiger partial charge in [0.05, 0.1) is 6.54 Å². The average Bonchev–Trinajstić information content (AvgIpc) is 2.88. The smallest absolute Gasteiger partial charge is 0.280 e. The fraction of sp³-hybridized carbons (Fsp3) is 0.455. The third-order valence-corrected chi connectivity index (χ3v) is 3.20. The number of amides is 1. The molecule has 21 heavy (non-hydrogen) atoms. The topological polar surface area (TPSA) is 157 Å². The third kappa shape index (κ3) is 3.70. The van der Waals surface area contributed by atoms with Crippen molar-refractivity contribution >= 4 is 35.1 Å². The molecule has 2 heterocycles. The number of carbonyl (C=O) groups excluding carboxylic acids is 1. The van der Waals surface area contributed by atoms with Gasteiger partial charge in [-0.05, 0) is 19.4 Å². The Kier molecular flexibility index (Phi) is 4.76. The Morgan fingerprint density at radius 3 is 2.86 bits per heavy atom. The van der Waals surface area contributed by atoms with Gasteiger partial charge < -0.3 is 22.5 Å². The van der Waals surface area contributed by atoms with Crippen LogP contribution in [0, 0.1) is 0 Å². The maximum Gasteiger partial charge on any atom is 0.280 e. The van der Waals surface area contributed by atoms with E-state index in [0.717, 1.165) is 12.8 Å². The molecule has 1 amide bonds. The van der Waals surface area contributed by atoms with Gasteiger partial charge in [0.25, 0.3) is 5.91 Å². The van der Waals surface area contributed by atoms with Gasteiger partial charge in [-0.2, -0.15) is 0 Å². The Morgan fingerprint density at radius 1 is 1.38 bits per heavy atom. The number of aromatic nitrogens is 2. The van der Waals surface area contributed by atoms with E-state index < -0.39 is 5.91 Å². The molecule has 0 fully saturated rings. The lowest BCUT2D eigenvalue weighted by atomic mass is 10.2. The second-order valence-corrected chi connectivity index (χ2v) is 4.91. The Bertz CT molecular complexity index is 576. The predicted octanol–water partition coefficient (Wildman–Crippen LogP) is -0.909. The first kappa shape index (κ1) is 15.3. The summed E-state index contributed by atoms with van der Waals surface area (Å²) < 4.78 is 0. The predicted molar refractivity (Wildman–Crippen MR) is 80.8 cm³/mol. The van der Waals surface area contributed by atoms with Gasteiger partial charge in [-0.25, -0.2) is 9.97 Å². The van der Waals surface area contributed by atoms with Crippen LogP contribution in [0.25, 0.3) is 0 Å². The zero-order valence-corrected chi connectivity index (χ0v) is 12.0. The van der Waals surface area contributed by atoms with Crippen LogP contribution in [0.5, 0.6) is 0 Å². The second-order valence-electron chi connectivity index (χ2n) is 4.55. The zero-order valence-electron chi connectivity index (χ0n) is 11.3. The van der Waals surface area contributed by atoms with Crippen molar-refractivity contribution in [3.8, 4) is 0 Å². The number of aliphatic imine (C=N–C) groups is 1. The van der Waals surface area contributed by atoms with E-state index in [-0.39, 0.29) is 28.5 Å². The van der Waals surface area contributed by atoms with Gasteiger partial charge in [-0.1, -0.05) is 11.6 Å². The Balaban J connectivity index is 1.98. The molecule has 1 atom stereocenters. The fourth-order valence-corrected chi connectivity index (χ4v) is 1.99. The van der Waals surface area contributed by atoms with Crippen molar-refractivity contribution < 1.29 is 4.79 Å². The zero-order chi connectivity index (χ0) is 15.4. The van der Waals surface area contributed by atoms with E-state index in [1.165, 1.54) is 0 Å². The second kappa shape index (κ2) is 6.55. The Morgan fingerprint density at radius 2 is 2.14 bits per heavy atom. The number of nitrogens with two attached hydrogens (primary N) is 3. The number of halogens is 1. The molecule has 114 valence electrons. The SMILES string of the molecule is NCCC[C@@H]1CN=C(NC(=O)c2nc(Cl)c(N)nc2N)N1. The van der Waals surface area contributed by atoms with Crippen LogP contribution in [-0.4, -0.2) is 41.0 Å². The van der Waals surface area contributed by atoms with Gasteiger partial charge in [-0.15, -0.1) is 0 Å². The van der Waals surface area contributed by atoms with E-state index in [1.54, 1.807) is 0 Å². The van der Waals surface area contributed by atoms with Crippen molar-refractivity contribution in [1.82, 2.24) is 20.6 Å². The molecule has 0 radical (unpaired) electrons. The summed E-state index contributed by atoms with van der Waals surface area (Å²) in [6.45, 7) is 1.20. The highest BCUT2D eigenvalue weighted by Crippen LogP contribution is 2.17. The maximum atomic E-state index is 12.1. The van der Waals surface area contributed by atoms with Crippen molar-refractivity contribution in [2.24, 2.45) is 10.7 Å². The first-order chi connectivity index (χ1) is 10.0. The number of hydrogen-bond donors (Lipinski definition) is 5. The van der Waals surface area contributed by atoms with Crippen LogP contribution < -0.4 is 27.8 Å². The summed E-state index contributed by atoms with van der Waals surface area (Å²) in [5.74, 6) is -0.291. The molecule has 0 saturated heterocycles. The highest BCUT2D eigenvalue weighted by atomic mass is 35.5. The van der Waals surface area contributed by atoms with Crippen LogP contribution in [0.3, 0.4) is 0 Å². The van der Waals surface area contributed by atoms with Crippen molar-refractivity contribution in [2.45, 2.75) is 18.9 Å². The molecule has 0 spiro atoms. The summed E-state index contributed by atoms with van der Waals surface area (Å²) >= 11 is 5.74. The van der Waals surface area contributed by atoms with Crippen LogP contribution >= 0.6 is 11.6 Å². The minimum atomic E-state index is -0.548. The van der Waals surface area contributed by atoms with Crippen molar-refractivity contribution in [1.29, 1.82) is 0 Å². The van der Waals surface area contributed by atoms with Crippen molar-refractivity contribution in [3.63, 3.8) is 0 Å². The number of carbonyl (C=O) groups is 1. The molecule has 2 rings (SSSR count). The van der Waals surface area contributed by atoms with E-state index in [0.29, 0.717) is 19.0 Å². The van der Waals surface area contributed by atoms with Crippen LogP contribution in [0.15, 0.2) is 4.99 Å². The highest BCUT2D eigenvalue weighted by molar-refractivity contribution is 6.31. The summed E-state index contributed by atoms with van der Waals surface area (Å²) in [5.41, 5.74) is 16.4. The van der Waals surface area contributed by atoms with Crippen molar-refractivity contribution in [3.05, 3.63) is 10.8 Å². The first-order valence-electron chi connectivity index (χ1n) is 6.42. The average molecular weight is 313 g/mol. The molecule has 0 unspecified atom stereocenters. The number of anilines is 2. The highest BCUT2D eigenvalue weighted by Gasteiger charge is 2.21. The van der Waals surface area contributed by atoms with E-state index in [1.807, 2.05) is 0 Å². The summed E-state index contributed by atoms with van der Waals surface area (Å²) in [5, 5.41) is 5.59. The van der Waals surface area contributed by atoms with Gasteiger partial charge in [0.1, 0.15) is 0 Å². The number of rotatable bonds is 4. The first-order valence-corrected chi connectivity index (χ1v) is 6.80. The van der Waals surface area contributed by atoms with Crippen LogP contribution in [0.1, 0.15) is 23.3 Å². The number of nitrogens with one attached hydrogen (secondary N) is 2. The lowest BCUT2D eigenvalue weighted by Crippen LogP contribution is -2.42. The third-order valence-electron chi connectivity index (χ3n) is 2.92. The van der Waals surface area contributed by atoms with Gasteiger partial charge >= 0.3 is 0 Å². The molecule has 0 bridgehead atoms.